The fourth-order valence-corrected chi connectivity index (χ4v) is 5.33. The lowest BCUT2D eigenvalue weighted by Crippen LogP contribution is -2.47. The van der Waals surface area contributed by atoms with Crippen LogP contribution in [0.25, 0.3) is 0 Å². The van der Waals surface area contributed by atoms with Gasteiger partial charge in [-0.2, -0.15) is 4.31 Å². The van der Waals surface area contributed by atoms with E-state index >= 15 is 4.39 Å². The molecule has 1 aliphatic rings. The van der Waals surface area contributed by atoms with Gasteiger partial charge in [-0.3, -0.25) is 4.90 Å². The van der Waals surface area contributed by atoms with Crippen molar-refractivity contribution in [1.29, 1.82) is 0 Å². The van der Waals surface area contributed by atoms with E-state index in [4.69, 9.17) is 16.3 Å². The van der Waals surface area contributed by atoms with Crippen LogP contribution in [0, 0.1) is 11.6 Å². The molecule has 1 aliphatic heterocycles. The first-order chi connectivity index (χ1) is 17.5. The molecule has 0 spiro atoms. The summed E-state index contributed by atoms with van der Waals surface area (Å²) in [5.41, 5.74) is 2.19. The Morgan fingerprint density at radius 1 is 1.30 bits per heavy atom. The van der Waals surface area contributed by atoms with Crippen molar-refractivity contribution in [3.63, 3.8) is 0 Å². The van der Waals surface area contributed by atoms with E-state index in [-0.39, 0.29) is 22.2 Å². The summed E-state index contributed by atoms with van der Waals surface area (Å²) in [6.07, 6.45) is -1.55. The summed E-state index contributed by atoms with van der Waals surface area (Å²) in [7, 11) is 0. The highest BCUT2D eigenvalue weighted by atomic mass is 35.5. The Hall–Kier alpha value is -2.47. The summed E-state index contributed by atoms with van der Waals surface area (Å²) in [4.78, 5) is 18.9. The third-order valence-corrected chi connectivity index (χ3v) is 7.29. The van der Waals surface area contributed by atoms with Gasteiger partial charge in [-0.1, -0.05) is 23.7 Å². The van der Waals surface area contributed by atoms with Crippen molar-refractivity contribution in [2.75, 3.05) is 22.7 Å². The summed E-state index contributed by atoms with van der Waals surface area (Å²) in [6.45, 7) is 6.31. The van der Waals surface area contributed by atoms with Gasteiger partial charge in [-0.15, -0.1) is 11.3 Å². The number of rotatable bonds is 8. The minimum Gasteiger partial charge on any atom is -0.443 e. The summed E-state index contributed by atoms with van der Waals surface area (Å²) in [5.74, 6) is -0.748. The van der Waals surface area contributed by atoms with Crippen LogP contribution in [0.1, 0.15) is 31.9 Å². The minimum atomic E-state index is -0.852. The Labute approximate surface area is 226 Å². The summed E-state index contributed by atoms with van der Waals surface area (Å²) < 4.78 is 49.6. The van der Waals surface area contributed by atoms with Crippen LogP contribution in [0.3, 0.4) is 0 Å². The molecule has 4 rings (SSSR count). The average molecular weight is 571 g/mol. The van der Waals surface area contributed by atoms with Crippen LogP contribution in [0.4, 0.5) is 29.5 Å². The average Bonchev–Trinajstić information content (AvgIpc) is 3.31. The zero-order valence-electron chi connectivity index (χ0n) is 20.4. The van der Waals surface area contributed by atoms with Gasteiger partial charge < -0.3 is 10.1 Å². The standard InChI is InChI=1S/C25H26ClF3N4O2S2/c1-25(2,3)35-24(34)33(23-13-36-14-31-23)37-22-7-18(26)21(8-20(22)29)30-9-17-15(5-4-6-19(17)28)10-32-11-16(27)12-32/h4-8,13-14,16,30H,9-12H2,1-3H3. The Morgan fingerprint density at radius 2 is 2.05 bits per heavy atom. The molecule has 0 atom stereocenters. The zero-order valence-corrected chi connectivity index (χ0v) is 22.8. The highest BCUT2D eigenvalue weighted by Crippen LogP contribution is 2.36. The SMILES string of the molecule is CC(C)(C)OC(=O)N(Sc1cc(Cl)c(NCc2c(F)cccc2CN2CC(F)C2)cc1F)c1cscn1. The molecule has 2 heterocycles. The van der Waals surface area contributed by atoms with E-state index in [1.54, 1.807) is 43.8 Å². The largest absolute Gasteiger partial charge is 0.443 e. The van der Waals surface area contributed by atoms with Gasteiger partial charge in [0.05, 0.1) is 21.1 Å². The number of hydrogen-bond acceptors (Lipinski definition) is 7. The van der Waals surface area contributed by atoms with Gasteiger partial charge in [0.2, 0.25) is 0 Å². The molecule has 0 unspecified atom stereocenters. The molecule has 1 amide bonds. The Kier molecular flexibility index (Phi) is 8.57. The van der Waals surface area contributed by atoms with Gasteiger partial charge in [0.25, 0.3) is 0 Å². The number of nitrogens with one attached hydrogen (secondary N) is 1. The van der Waals surface area contributed by atoms with Crippen LogP contribution in [0.5, 0.6) is 0 Å². The number of nitrogens with zero attached hydrogens (tertiary/aromatic N) is 3. The maximum atomic E-state index is 15.1. The molecule has 12 heteroatoms. The third-order valence-electron chi connectivity index (χ3n) is 5.38. The van der Waals surface area contributed by atoms with Crippen molar-refractivity contribution in [3.8, 4) is 0 Å². The molecule has 0 saturated carbocycles. The van der Waals surface area contributed by atoms with E-state index < -0.39 is 29.5 Å². The molecular weight excluding hydrogens is 545 g/mol. The van der Waals surface area contributed by atoms with Crippen molar-refractivity contribution in [1.82, 2.24) is 9.88 Å². The van der Waals surface area contributed by atoms with Gasteiger partial charge in [0.15, 0.2) is 5.82 Å². The zero-order chi connectivity index (χ0) is 26.7. The quantitative estimate of drug-likeness (QED) is 0.287. The van der Waals surface area contributed by atoms with Crippen molar-refractivity contribution in [2.45, 2.75) is 50.5 Å². The van der Waals surface area contributed by atoms with E-state index in [1.165, 1.54) is 29.5 Å². The van der Waals surface area contributed by atoms with E-state index in [0.29, 0.717) is 31.0 Å². The highest BCUT2D eigenvalue weighted by molar-refractivity contribution is 8.01. The molecule has 0 aliphatic carbocycles. The minimum absolute atomic E-state index is 0.0589. The first-order valence-electron chi connectivity index (χ1n) is 11.4. The molecule has 1 fully saturated rings. The smallest absolute Gasteiger partial charge is 0.426 e. The molecule has 0 bridgehead atoms. The topological polar surface area (TPSA) is 57.7 Å². The molecule has 1 N–H and O–H groups in total. The second-order valence-corrected chi connectivity index (χ2v) is 11.6. The number of carbonyl (C=O) groups is 1. The van der Waals surface area contributed by atoms with Crippen LogP contribution < -0.4 is 9.62 Å². The molecule has 37 heavy (non-hydrogen) atoms. The Morgan fingerprint density at radius 3 is 2.70 bits per heavy atom. The predicted molar refractivity (Wildman–Crippen MR) is 142 cm³/mol. The van der Waals surface area contributed by atoms with Crippen LogP contribution in [0.2, 0.25) is 5.02 Å². The lowest BCUT2D eigenvalue weighted by Gasteiger charge is -2.34. The number of likely N-dealkylation sites (tertiary alicyclic amines) is 1. The van der Waals surface area contributed by atoms with Crippen LogP contribution in [-0.4, -0.2) is 40.8 Å². The number of benzene rings is 2. The Balaban J connectivity index is 1.50. The Bertz CT molecular complexity index is 1250. The number of thiazole rings is 1. The van der Waals surface area contributed by atoms with E-state index in [0.717, 1.165) is 21.8 Å². The number of hydrogen-bond donors (Lipinski definition) is 1. The maximum Gasteiger partial charge on any atom is 0.426 e. The summed E-state index contributed by atoms with van der Waals surface area (Å²) in [5, 5.41) is 4.83. The molecular formula is C25H26ClF3N4O2S2. The second-order valence-electron chi connectivity index (χ2n) is 9.50. The van der Waals surface area contributed by atoms with Crippen LogP contribution >= 0.6 is 34.9 Å². The van der Waals surface area contributed by atoms with Gasteiger partial charge >= 0.3 is 6.09 Å². The number of carbonyl (C=O) groups excluding carboxylic acids is 1. The number of anilines is 2. The fraction of sp³-hybridized carbons (Fsp3) is 0.360. The monoisotopic (exact) mass is 570 g/mol. The molecule has 0 radical (unpaired) electrons. The van der Waals surface area contributed by atoms with Crippen molar-refractivity contribution in [3.05, 3.63) is 69.0 Å². The first kappa shape index (κ1) is 27.6. The fourth-order valence-electron chi connectivity index (χ4n) is 3.63. The third kappa shape index (κ3) is 7.10. The molecule has 1 saturated heterocycles. The van der Waals surface area contributed by atoms with E-state index in [9.17, 15) is 13.6 Å². The van der Waals surface area contributed by atoms with E-state index in [1.807, 2.05) is 4.90 Å². The van der Waals surface area contributed by atoms with Gasteiger partial charge in [-0.05, 0) is 44.5 Å². The molecule has 6 nitrogen and oxygen atoms in total. The van der Waals surface area contributed by atoms with Gasteiger partial charge in [-0.25, -0.2) is 22.9 Å². The number of amides is 1. The van der Waals surface area contributed by atoms with Gasteiger partial charge in [0, 0.05) is 49.1 Å². The lowest BCUT2D eigenvalue weighted by atomic mass is 10.0. The maximum absolute atomic E-state index is 15.1. The number of halogens is 4. The normalized spacial score (nSPS) is 14.4. The number of aromatic nitrogens is 1. The molecule has 198 valence electrons. The molecule has 3 aromatic rings. The highest BCUT2D eigenvalue weighted by Gasteiger charge is 2.28. The summed E-state index contributed by atoms with van der Waals surface area (Å²) >= 11 is 8.52. The number of alkyl halides is 1. The van der Waals surface area contributed by atoms with E-state index in [2.05, 4.69) is 10.3 Å². The van der Waals surface area contributed by atoms with Crippen LogP contribution in [0.15, 0.2) is 46.1 Å². The van der Waals surface area contributed by atoms with Crippen molar-refractivity contribution in [2.24, 2.45) is 0 Å². The number of ether oxygens (including phenoxy) is 1. The lowest BCUT2D eigenvalue weighted by molar-refractivity contribution is 0.0587. The molecule has 2 aromatic carbocycles. The summed E-state index contributed by atoms with van der Waals surface area (Å²) in [6, 6.07) is 7.33. The molecule has 1 aromatic heterocycles. The first-order valence-corrected chi connectivity index (χ1v) is 13.5. The van der Waals surface area contributed by atoms with Crippen molar-refractivity contribution < 1.29 is 22.7 Å². The van der Waals surface area contributed by atoms with Crippen LogP contribution in [-0.2, 0) is 17.8 Å². The second kappa shape index (κ2) is 11.5. The predicted octanol–water partition coefficient (Wildman–Crippen LogP) is 7.29. The van der Waals surface area contributed by atoms with Gasteiger partial charge in [0.1, 0.15) is 23.4 Å². The van der Waals surface area contributed by atoms with Crippen molar-refractivity contribution >= 4 is 52.5 Å².